The second-order valence-corrected chi connectivity index (χ2v) is 4.27. The lowest BCUT2D eigenvalue weighted by molar-refractivity contribution is -0.105. The first-order valence-corrected chi connectivity index (χ1v) is 6.12. The minimum Gasteiger partial charge on any atom is -0.496 e. The molecule has 0 unspecified atom stereocenters. The number of nitrogens with one attached hydrogen (secondary N) is 2. The summed E-state index contributed by atoms with van der Waals surface area (Å²) in [4.78, 5) is 14.6. The Hall–Kier alpha value is -2.96. The van der Waals surface area contributed by atoms with E-state index in [1.54, 1.807) is 18.2 Å². The molecule has 21 heavy (non-hydrogen) atoms. The molecule has 6 nitrogen and oxygen atoms in total. The Bertz CT molecular complexity index is 816. The Morgan fingerprint density at radius 3 is 2.95 bits per heavy atom. The summed E-state index contributed by atoms with van der Waals surface area (Å²) in [5.41, 5.74) is 1.58. The first-order valence-electron chi connectivity index (χ1n) is 6.12. The van der Waals surface area contributed by atoms with Crippen molar-refractivity contribution in [1.29, 1.82) is 0 Å². The number of aromatic amines is 1. The van der Waals surface area contributed by atoms with Crippen LogP contribution < -0.4 is 10.1 Å². The summed E-state index contributed by atoms with van der Waals surface area (Å²) in [5, 5.41) is 10.1. The van der Waals surface area contributed by atoms with Gasteiger partial charge in [0, 0.05) is 10.9 Å². The van der Waals surface area contributed by atoms with Gasteiger partial charge in [-0.2, -0.15) is 5.10 Å². The molecule has 2 heterocycles. The Morgan fingerprint density at radius 1 is 1.33 bits per heavy atom. The topological polar surface area (TPSA) is 79.9 Å². The van der Waals surface area contributed by atoms with E-state index < -0.39 is 0 Å². The number of amides is 1. The first-order chi connectivity index (χ1) is 10.2. The first kappa shape index (κ1) is 13.0. The van der Waals surface area contributed by atoms with E-state index in [9.17, 15) is 9.18 Å². The average Bonchev–Trinajstić information content (AvgIpc) is 2.90. The maximum absolute atomic E-state index is 13.5. The lowest BCUT2D eigenvalue weighted by Gasteiger charge is -2.07. The van der Waals surface area contributed by atoms with Crippen molar-refractivity contribution in [3.8, 4) is 17.0 Å². The summed E-state index contributed by atoms with van der Waals surface area (Å²) in [5.74, 6) is 0.541. The number of methoxy groups -OCH3 is 1. The number of aromatic nitrogens is 3. The molecule has 0 saturated heterocycles. The summed E-state index contributed by atoms with van der Waals surface area (Å²) < 4.78 is 18.7. The van der Waals surface area contributed by atoms with Gasteiger partial charge in [-0.1, -0.05) is 0 Å². The van der Waals surface area contributed by atoms with Gasteiger partial charge in [0.15, 0.2) is 5.65 Å². The molecule has 2 aromatic heterocycles. The Balaban J connectivity index is 2.17. The van der Waals surface area contributed by atoms with E-state index in [0.29, 0.717) is 40.3 Å². The van der Waals surface area contributed by atoms with Gasteiger partial charge in [0.05, 0.1) is 12.8 Å². The van der Waals surface area contributed by atoms with Gasteiger partial charge in [-0.05, 0) is 30.3 Å². The predicted molar refractivity (Wildman–Crippen MR) is 75.5 cm³/mol. The number of halogens is 1. The summed E-state index contributed by atoms with van der Waals surface area (Å²) in [6, 6.07) is 7.63. The highest BCUT2D eigenvalue weighted by atomic mass is 19.1. The van der Waals surface area contributed by atoms with Crippen molar-refractivity contribution in [2.24, 2.45) is 0 Å². The SMILES string of the molecule is COc1ccc(F)cc1-c1[nH]nc2nc(NC=O)ccc12. The van der Waals surface area contributed by atoms with E-state index in [4.69, 9.17) is 4.74 Å². The van der Waals surface area contributed by atoms with Crippen molar-refractivity contribution in [2.45, 2.75) is 0 Å². The molecule has 0 aliphatic heterocycles. The number of nitrogens with zero attached hydrogens (tertiary/aromatic N) is 2. The highest BCUT2D eigenvalue weighted by molar-refractivity contribution is 5.93. The van der Waals surface area contributed by atoms with Crippen LogP contribution in [0.5, 0.6) is 5.75 Å². The third kappa shape index (κ3) is 2.29. The second-order valence-electron chi connectivity index (χ2n) is 4.27. The number of hydrogen-bond donors (Lipinski definition) is 2. The molecule has 0 aliphatic carbocycles. The molecule has 1 amide bonds. The monoisotopic (exact) mass is 286 g/mol. The number of hydrogen-bond acceptors (Lipinski definition) is 4. The number of carbonyl (C=O) groups is 1. The van der Waals surface area contributed by atoms with Crippen molar-refractivity contribution in [2.75, 3.05) is 12.4 Å². The van der Waals surface area contributed by atoms with E-state index in [2.05, 4.69) is 20.5 Å². The number of ether oxygens (including phenoxy) is 1. The van der Waals surface area contributed by atoms with Crippen molar-refractivity contribution in [1.82, 2.24) is 15.2 Å². The highest BCUT2D eigenvalue weighted by Gasteiger charge is 2.14. The molecule has 0 bridgehead atoms. The highest BCUT2D eigenvalue weighted by Crippen LogP contribution is 2.33. The fourth-order valence-corrected chi connectivity index (χ4v) is 2.12. The molecule has 106 valence electrons. The van der Waals surface area contributed by atoms with E-state index >= 15 is 0 Å². The molecule has 0 aliphatic rings. The molecule has 0 fully saturated rings. The molecule has 1 aromatic carbocycles. The molecule has 7 heteroatoms. The van der Waals surface area contributed by atoms with Crippen LogP contribution >= 0.6 is 0 Å². The van der Waals surface area contributed by atoms with E-state index in [1.807, 2.05) is 0 Å². The molecule has 0 radical (unpaired) electrons. The molecule has 0 spiro atoms. The summed E-state index contributed by atoms with van der Waals surface area (Å²) >= 11 is 0. The third-order valence-electron chi connectivity index (χ3n) is 3.06. The van der Waals surface area contributed by atoms with Crippen molar-refractivity contribution in [3.63, 3.8) is 0 Å². The molecule has 0 saturated carbocycles. The third-order valence-corrected chi connectivity index (χ3v) is 3.06. The number of rotatable bonds is 4. The fraction of sp³-hybridized carbons (Fsp3) is 0.0714. The lowest BCUT2D eigenvalue weighted by atomic mass is 10.1. The summed E-state index contributed by atoms with van der Waals surface area (Å²) in [6.07, 6.45) is 0.539. The Labute approximate surface area is 119 Å². The normalized spacial score (nSPS) is 10.6. The van der Waals surface area contributed by atoms with Gasteiger partial charge in [-0.15, -0.1) is 0 Å². The van der Waals surface area contributed by atoms with Crippen LogP contribution in [0.15, 0.2) is 30.3 Å². The van der Waals surface area contributed by atoms with Crippen LogP contribution in [-0.2, 0) is 4.79 Å². The van der Waals surface area contributed by atoms with E-state index in [0.717, 1.165) is 0 Å². The number of benzene rings is 1. The molecular formula is C14H11FN4O2. The summed E-state index contributed by atoms with van der Waals surface area (Å²) in [6.45, 7) is 0. The predicted octanol–water partition coefficient (Wildman–Crippen LogP) is 2.34. The zero-order valence-corrected chi connectivity index (χ0v) is 11.1. The van der Waals surface area contributed by atoms with Gasteiger partial charge < -0.3 is 10.1 Å². The number of pyridine rings is 1. The van der Waals surface area contributed by atoms with Crippen LogP contribution in [0, 0.1) is 5.82 Å². The Kier molecular flexibility index (Phi) is 3.23. The van der Waals surface area contributed by atoms with Crippen LogP contribution in [0.2, 0.25) is 0 Å². The van der Waals surface area contributed by atoms with Crippen LogP contribution in [-0.4, -0.2) is 28.7 Å². The molecule has 3 aromatic rings. The van der Waals surface area contributed by atoms with Gasteiger partial charge in [0.1, 0.15) is 17.4 Å². The number of carbonyl (C=O) groups excluding carboxylic acids is 1. The fourth-order valence-electron chi connectivity index (χ4n) is 2.12. The zero-order chi connectivity index (χ0) is 14.8. The average molecular weight is 286 g/mol. The van der Waals surface area contributed by atoms with E-state index in [1.165, 1.54) is 19.2 Å². The van der Waals surface area contributed by atoms with Gasteiger partial charge in [-0.25, -0.2) is 9.37 Å². The Morgan fingerprint density at radius 2 is 2.19 bits per heavy atom. The minimum absolute atomic E-state index is 0.374. The minimum atomic E-state index is -0.374. The largest absolute Gasteiger partial charge is 0.496 e. The molecule has 2 N–H and O–H groups in total. The van der Waals surface area contributed by atoms with Crippen molar-refractivity contribution < 1.29 is 13.9 Å². The van der Waals surface area contributed by atoms with Gasteiger partial charge in [0.25, 0.3) is 0 Å². The van der Waals surface area contributed by atoms with Crippen LogP contribution in [0.25, 0.3) is 22.3 Å². The zero-order valence-electron chi connectivity index (χ0n) is 11.1. The van der Waals surface area contributed by atoms with Crippen molar-refractivity contribution in [3.05, 3.63) is 36.1 Å². The smallest absolute Gasteiger partial charge is 0.212 e. The summed E-state index contributed by atoms with van der Waals surface area (Å²) in [7, 11) is 1.51. The van der Waals surface area contributed by atoms with Gasteiger partial charge in [0.2, 0.25) is 6.41 Å². The van der Waals surface area contributed by atoms with Crippen LogP contribution in [0.1, 0.15) is 0 Å². The van der Waals surface area contributed by atoms with E-state index in [-0.39, 0.29) is 5.82 Å². The maximum Gasteiger partial charge on any atom is 0.212 e. The molecular weight excluding hydrogens is 275 g/mol. The quantitative estimate of drug-likeness (QED) is 0.721. The maximum atomic E-state index is 13.5. The lowest BCUT2D eigenvalue weighted by Crippen LogP contribution is -1.96. The molecule has 0 atom stereocenters. The van der Waals surface area contributed by atoms with Crippen molar-refractivity contribution >= 4 is 23.3 Å². The van der Waals surface area contributed by atoms with Crippen LogP contribution in [0.3, 0.4) is 0 Å². The second kappa shape index (κ2) is 5.20. The number of H-pyrrole nitrogens is 1. The van der Waals surface area contributed by atoms with Gasteiger partial charge >= 0.3 is 0 Å². The van der Waals surface area contributed by atoms with Gasteiger partial charge in [-0.3, -0.25) is 9.89 Å². The number of anilines is 1. The molecule has 3 rings (SSSR count). The standard InChI is InChI=1S/C14H11FN4O2/c1-21-11-4-2-8(15)6-10(11)13-9-3-5-12(16-7-20)17-14(9)19-18-13/h2-7H,1H3,(H2,16,17,18,19,20). The number of fused-ring (bicyclic) bond motifs is 1. The van der Waals surface area contributed by atoms with Crippen LogP contribution in [0.4, 0.5) is 10.2 Å².